The van der Waals surface area contributed by atoms with Crippen molar-refractivity contribution in [3.8, 4) is 0 Å². The van der Waals surface area contributed by atoms with Gasteiger partial charge < -0.3 is 10.0 Å². The lowest BCUT2D eigenvalue weighted by molar-refractivity contribution is -0.166. The van der Waals surface area contributed by atoms with Crippen molar-refractivity contribution < 1.29 is 23.5 Å². The number of allylic oxidation sites excluding steroid dienone is 1. The molecule has 6 rings (SSSR count). The van der Waals surface area contributed by atoms with Crippen LogP contribution in [0.4, 0.5) is 8.78 Å². The highest BCUT2D eigenvalue weighted by atomic mass is 19.1. The maximum atomic E-state index is 15.2. The molecular formula is C32H29F2N3O3. The predicted octanol–water partition coefficient (Wildman–Crippen LogP) is 4.65. The second-order valence-corrected chi connectivity index (χ2v) is 10.5. The summed E-state index contributed by atoms with van der Waals surface area (Å²) in [7, 11) is 1.61. The second kappa shape index (κ2) is 9.71. The van der Waals surface area contributed by atoms with Crippen molar-refractivity contribution in [3.05, 3.63) is 130 Å². The molecule has 3 aliphatic rings. The summed E-state index contributed by atoms with van der Waals surface area (Å²) < 4.78 is 30.4. The third-order valence-electron chi connectivity index (χ3n) is 8.59. The molecule has 3 aromatic rings. The van der Waals surface area contributed by atoms with Gasteiger partial charge in [-0.3, -0.25) is 14.6 Å². The lowest BCUT2D eigenvalue weighted by Crippen LogP contribution is -2.65. The number of ketones is 1. The first kappa shape index (κ1) is 26.0. The van der Waals surface area contributed by atoms with Crippen LogP contribution < -0.4 is 0 Å². The van der Waals surface area contributed by atoms with Gasteiger partial charge in [-0.25, -0.2) is 8.78 Å². The lowest BCUT2D eigenvalue weighted by Gasteiger charge is -2.53. The number of carbonyl (C=O) groups is 2. The van der Waals surface area contributed by atoms with Crippen LogP contribution in [0.1, 0.15) is 27.8 Å². The number of halogens is 2. The van der Waals surface area contributed by atoms with Crippen molar-refractivity contribution in [2.75, 3.05) is 20.3 Å². The van der Waals surface area contributed by atoms with E-state index in [9.17, 15) is 14.7 Å². The number of rotatable bonds is 6. The van der Waals surface area contributed by atoms with Crippen LogP contribution in [0.25, 0.3) is 0 Å². The minimum Gasteiger partial charge on any atom is -0.503 e. The van der Waals surface area contributed by atoms with Crippen LogP contribution in [-0.4, -0.2) is 52.0 Å². The Morgan fingerprint density at radius 3 is 2.17 bits per heavy atom. The van der Waals surface area contributed by atoms with Crippen LogP contribution in [0.15, 0.2) is 90.8 Å². The van der Waals surface area contributed by atoms with Crippen LogP contribution in [0, 0.1) is 17.6 Å². The van der Waals surface area contributed by atoms with E-state index in [0.717, 1.165) is 11.6 Å². The Hall–Kier alpha value is -4.30. The highest BCUT2D eigenvalue weighted by Gasteiger charge is 2.60. The van der Waals surface area contributed by atoms with E-state index in [0.29, 0.717) is 48.1 Å². The Balaban J connectivity index is 1.54. The average Bonchev–Trinajstić information content (AvgIpc) is 3.46. The Labute approximate surface area is 231 Å². The monoisotopic (exact) mass is 541 g/mol. The Morgan fingerprint density at radius 1 is 1.00 bits per heavy atom. The summed E-state index contributed by atoms with van der Waals surface area (Å²) in [6, 6.07) is 19.5. The third kappa shape index (κ3) is 3.70. The van der Waals surface area contributed by atoms with Gasteiger partial charge in [0.25, 0.3) is 5.91 Å². The van der Waals surface area contributed by atoms with Crippen molar-refractivity contribution >= 4 is 11.7 Å². The number of hydrogen-bond acceptors (Lipinski definition) is 5. The number of aliphatic hydroxyl groups excluding tert-OH is 1. The van der Waals surface area contributed by atoms with Crippen LogP contribution in [0.5, 0.6) is 0 Å². The number of amides is 1. The topological polar surface area (TPSA) is 64.1 Å². The fraction of sp³-hybridized carbons (Fsp3) is 0.250. The van der Waals surface area contributed by atoms with Crippen molar-refractivity contribution in [3.63, 3.8) is 0 Å². The molecule has 204 valence electrons. The molecule has 2 aliphatic carbocycles. The number of fused-ring (bicyclic) bond motifs is 5. The molecule has 1 saturated heterocycles. The van der Waals surface area contributed by atoms with Crippen LogP contribution in [0.2, 0.25) is 0 Å². The molecule has 1 amide bonds. The molecule has 40 heavy (non-hydrogen) atoms. The smallest absolute Gasteiger partial charge is 0.276 e. The number of nitrogens with zero attached hydrogens (tertiary/aromatic N) is 3. The minimum absolute atomic E-state index is 0.0869. The molecule has 0 saturated carbocycles. The molecule has 0 radical (unpaired) electrons. The van der Waals surface area contributed by atoms with E-state index in [1.807, 2.05) is 47.5 Å². The van der Waals surface area contributed by atoms with Gasteiger partial charge in [0.2, 0.25) is 5.78 Å². The van der Waals surface area contributed by atoms with Crippen molar-refractivity contribution in [1.29, 1.82) is 0 Å². The molecule has 1 heterocycles. The van der Waals surface area contributed by atoms with Gasteiger partial charge in [0.15, 0.2) is 11.5 Å². The Kier molecular flexibility index (Phi) is 6.30. The Bertz CT molecular complexity index is 1510. The maximum Gasteiger partial charge on any atom is 0.276 e. The molecule has 0 atom stereocenters. The molecule has 1 aliphatic heterocycles. The van der Waals surface area contributed by atoms with Gasteiger partial charge in [0.1, 0.15) is 11.6 Å². The number of hydrogen-bond donors (Lipinski definition) is 1. The summed E-state index contributed by atoms with van der Waals surface area (Å²) in [5.74, 6) is -2.92. The number of hydrazine groups is 1. The number of carbonyl (C=O) groups excluding carboxylic acids is 2. The van der Waals surface area contributed by atoms with E-state index >= 15 is 8.78 Å². The zero-order valence-corrected chi connectivity index (χ0v) is 22.1. The highest BCUT2D eigenvalue weighted by molar-refractivity contribution is 6.08. The van der Waals surface area contributed by atoms with Gasteiger partial charge in [-0.05, 0) is 71.2 Å². The summed E-state index contributed by atoms with van der Waals surface area (Å²) >= 11 is 0. The lowest BCUT2D eigenvalue weighted by atomic mass is 9.81. The SMILES string of the molecule is C=CC(=O)/C(O)=C1/C(=O)N(CCc2ccccc2)CN(C23c4cccc(F)c4CC2Cc2c(F)cccc23)N1C. The molecule has 6 nitrogen and oxygen atoms in total. The fourth-order valence-corrected chi connectivity index (χ4v) is 6.81. The second-order valence-electron chi connectivity index (χ2n) is 10.5. The van der Waals surface area contributed by atoms with E-state index in [1.165, 1.54) is 17.1 Å². The normalized spacial score (nSPS) is 23.1. The van der Waals surface area contributed by atoms with Gasteiger partial charge >= 0.3 is 0 Å². The van der Waals surface area contributed by atoms with Crippen molar-refractivity contribution in [1.82, 2.24) is 14.9 Å². The minimum atomic E-state index is -1.03. The average molecular weight is 542 g/mol. The van der Waals surface area contributed by atoms with Crippen LogP contribution >= 0.6 is 0 Å². The number of aliphatic hydroxyl groups is 1. The molecule has 3 aromatic carbocycles. The predicted molar refractivity (Wildman–Crippen MR) is 146 cm³/mol. The highest BCUT2D eigenvalue weighted by Crippen LogP contribution is 2.58. The first-order valence-corrected chi connectivity index (χ1v) is 13.3. The van der Waals surface area contributed by atoms with Crippen molar-refractivity contribution in [2.24, 2.45) is 5.92 Å². The van der Waals surface area contributed by atoms with Crippen molar-refractivity contribution in [2.45, 2.75) is 24.8 Å². The molecule has 1 N–H and O–H groups in total. The third-order valence-corrected chi connectivity index (χ3v) is 8.59. The molecular weight excluding hydrogens is 512 g/mol. The molecule has 0 unspecified atom stereocenters. The first-order valence-electron chi connectivity index (χ1n) is 13.3. The van der Waals surface area contributed by atoms with Gasteiger partial charge in [0, 0.05) is 13.6 Å². The summed E-state index contributed by atoms with van der Waals surface area (Å²) in [6.45, 7) is 3.86. The van der Waals surface area contributed by atoms with Gasteiger partial charge in [0.05, 0.1) is 12.2 Å². The molecule has 1 fully saturated rings. The summed E-state index contributed by atoms with van der Waals surface area (Å²) in [5.41, 5.74) is 2.29. The molecule has 0 aromatic heterocycles. The maximum absolute atomic E-state index is 15.2. The van der Waals surface area contributed by atoms with E-state index in [4.69, 9.17) is 0 Å². The molecule has 8 heteroatoms. The molecule has 0 spiro atoms. The van der Waals surface area contributed by atoms with Gasteiger partial charge in [-0.1, -0.05) is 61.2 Å². The van der Waals surface area contributed by atoms with E-state index < -0.39 is 23.0 Å². The zero-order chi connectivity index (χ0) is 28.2. The van der Waals surface area contributed by atoms with Gasteiger partial charge in [-0.15, -0.1) is 0 Å². The summed E-state index contributed by atoms with van der Waals surface area (Å²) in [6.07, 6.45) is 2.27. The van der Waals surface area contributed by atoms with Crippen LogP contribution in [-0.2, 0) is 34.4 Å². The van der Waals surface area contributed by atoms with Crippen LogP contribution in [0.3, 0.4) is 0 Å². The standard InChI is InChI=1S/C32H29F2N3O3/c1-3-28(38)30(39)29-31(40)36(16-15-20-9-5-4-6-10-20)19-37(35(29)2)32-21(17-22-24(32)11-7-13-26(22)33)18-23-25(32)12-8-14-27(23)34/h3-14,21,39H,1,15-19H2,2H3/b30-29+. The zero-order valence-electron chi connectivity index (χ0n) is 22.1. The quantitative estimate of drug-likeness (QED) is 0.364. The summed E-state index contributed by atoms with van der Waals surface area (Å²) in [5, 5.41) is 14.4. The van der Waals surface area contributed by atoms with E-state index in [-0.39, 0.29) is 29.9 Å². The largest absolute Gasteiger partial charge is 0.503 e. The summed E-state index contributed by atoms with van der Waals surface area (Å²) in [4.78, 5) is 28.0. The first-order chi connectivity index (χ1) is 19.3. The Morgan fingerprint density at radius 2 is 1.60 bits per heavy atom. The van der Waals surface area contributed by atoms with Gasteiger partial charge in [-0.2, -0.15) is 5.01 Å². The number of likely N-dealkylation sites (N-methyl/N-ethyl adjacent to an activating group) is 1. The fourth-order valence-electron chi connectivity index (χ4n) is 6.81. The van der Waals surface area contributed by atoms with E-state index in [2.05, 4.69) is 6.58 Å². The van der Waals surface area contributed by atoms with E-state index in [1.54, 1.807) is 24.1 Å². The molecule has 0 bridgehead atoms. The number of benzene rings is 3.